The van der Waals surface area contributed by atoms with Crippen molar-refractivity contribution >= 4 is 23.5 Å². The van der Waals surface area contributed by atoms with Crippen LogP contribution in [0.1, 0.15) is 72.1 Å². The Morgan fingerprint density at radius 1 is 1.00 bits per heavy atom. The molecule has 6 nitrogen and oxygen atoms in total. The molecule has 0 radical (unpaired) electrons. The van der Waals surface area contributed by atoms with E-state index in [1.165, 1.54) is 17.1 Å². The van der Waals surface area contributed by atoms with Crippen molar-refractivity contribution in [3.8, 4) is 0 Å². The standard InChI is InChI=1S/C22H34N2O4/c1-22(2,3)18(25)7-5-4-6-14-23-21(28)17-10-8-16(9-11-17)15-24-19(26)12-13-20(24)27/h12-13,16-17H,4-11,14-15H2,1-3H3,(H,23,28). The fraction of sp³-hybridized carbons (Fsp3) is 0.727. The predicted octanol–water partition coefficient (Wildman–Crippen LogP) is 3.01. The number of amides is 3. The summed E-state index contributed by atoms with van der Waals surface area (Å²) in [7, 11) is 0. The first-order valence-corrected chi connectivity index (χ1v) is 10.5. The Labute approximate surface area is 168 Å². The Balaban J connectivity index is 1.56. The topological polar surface area (TPSA) is 83.6 Å². The lowest BCUT2D eigenvalue weighted by atomic mass is 9.81. The van der Waals surface area contributed by atoms with Crippen LogP contribution in [0, 0.1) is 17.3 Å². The number of hydrogen-bond donors (Lipinski definition) is 1. The Kier molecular flexibility index (Phi) is 7.96. The van der Waals surface area contributed by atoms with Crippen LogP contribution in [-0.2, 0) is 19.2 Å². The molecular weight excluding hydrogens is 356 g/mol. The van der Waals surface area contributed by atoms with Crippen LogP contribution < -0.4 is 5.32 Å². The lowest BCUT2D eigenvalue weighted by Crippen LogP contribution is -2.38. The second-order valence-electron chi connectivity index (χ2n) is 9.11. The summed E-state index contributed by atoms with van der Waals surface area (Å²) in [5, 5.41) is 3.02. The van der Waals surface area contributed by atoms with Gasteiger partial charge in [-0.2, -0.15) is 0 Å². The number of unbranched alkanes of at least 4 members (excludes halogenated alkanes) is 2. The van der Waals surface area contributed by atoms with Crippen molar-refractivity contribution in [3.63, 3.8) is 0 Å². The van der Waals surface area contributed by atoms with Crippen LogP contribution >= 0.6 is 0 Å². The Bertz CT molecular complexity index is 607. The van der Waals surface area contributed by atoms with Gasteiger partial charge in [0.15, 0.2) is 0 Å². The summed E-state index contributed by atoms with van der Waals surface area (Å²) in [6.45, 7) is 6.96. The van der Waals surface area contributed by atoms with Gasteiger partial charge in [0, 0.05) is 43.0 Å². The van der Waals surface area contributed by atoms with E-state index < -0.39 is 0 Å². The van der Waals surface area contributed by atoms with Crippen molar-refractivity contribution < 1.29 is 19.2 Å². The molecule has 0 unspecified atom stereocenters. The summed E-state index contributed by atoms with van der Waals surface area (Å²) < 4.78 is 0. The molecule has 1 fully saturated rings. The molecular formula is C22H34N2O4. The molecule has 1 heterocycles. The van der Waals surface area contributed by atoms with Crippen molar-refractivity contribution in [2.75, 3.05) is 13.1 Å². The minimum atomic E-state index is -0.265. The maximum absolute atomic E-state index is 12.3. The number of carbonyl (C=O) groups excluding carboxylic acids is 4. The smallest absolute Gasteiger partial charge is 0.253 e. The van der Waals surface area contributed by atoms with Gasteiger partial charge in [-0.25, -0.2) is 0 Å². The largest absolute Gasteiger partial charge is 0.356 e. The van der Waals surface area contributed by atoms with E-state index in [1.807, 2.05) is 20.8 Å². The molecule has 0 aromatic carbocycles. The maximum Gasteiger partial charge on any atom is 0.253 e. The van der Waals surface area contributed by atoms with E-state index in [9.17, 15) is 19.2 Å². The second-order valence-corrected chi connectivity index (χ2v) is 9.11. The van der Waals surface area contributed by atoms with Crippen LogP contribution in [-0.4, -0.2) is 41.5 Å². The van der Waals surface area contributed by atoms with Gasteiger partial charge in [-0.05, 0) is 44.4 Å². The first-order valence-electron chi connectivity index (χ1n) is 10.5. The summed E-state index contributed by atoms with van der Waals surface area (Å²) in [4.78, 5) is 48.8. The minimum Gasteiger partial charge on any atom is -0.356 e. The van der Waals surface area contributed by atoms with Crippen LogP contribution in [0.3, 0.4) is 0 Å². The van der Waals surface area contributed by atoms with Gasteiger partial charge in [0.1, 0.15) is 5.78 Å². The molecule has 0 aromatic rings. The summed E-state index contributed by atoms with van der Waals surface area (Å²) in [5.41, 5.74) is -0.265. The van der Waals surface area contributed by atoms with Gasteiger partial charge in [0.05, 0.1) is 0 Å². The van der Waals surface area contributed by atoms with Gasteiger partial charge in [0.25, 0.3) is 11.8 Å². The lowest BCUT2D eigenvalue weighted by Gasteiger charge is -2.30. The highest BCUT2D eigenvalue weighted by Crippen LogP contribution is 2.30. The van der Waals surface area contributed by atoms with Crippen molar-refractivity contribution in [3.05, 3.63) is 12.2 Å². The third-order valence-electron chi connectivity index (χ3n) is 5.78. The zero-order chi connectivity index (χ0) is 20.7. The van der Waals surface area contributed by atoms with Gasteiger partial charge in [0.2, 0.25) is 5.91 Å². The zero-order valence-corrected chi connectivity index (χ0v) is 17.5. The highest BCUT2D eigenvalue weighted by Gasteiger charge is 2.31. The van der Waals surface area contributed by atoms with Crippen LogP contribution in [0.4, 0.5) is 0 Å². The number of imide groups is 1. The van der Waals surface area contributed by atoms with E-state index in [2.05, 4.69) is 5.32 Å². The molecule has 2 rings (SSSR count). The first-order chi connectivity index (χ1) is 13.2. The average Bonchev–Trinajstić information content (AvgIpc) is 2.96. The van der Waals surface area contributed by atoms with E-state index >= 15 is 0 Å². The monoisotopic (exact) mass is 390 g/mol. The molecule has 6 heteroatoms. The predicted molar refractivity (Wildman–Crippen MR) is 107 cm³/mol. The van der Waals surface area contributed by atoms with E-state index in [-0.39, 0.29) is 35.0 Å². The fourth-order valence-corrected chi connectivity index (χ4v) is 3.79. The van der Waals surface area contributed by atoms with Crippen LogP contribution in [0.25, 0.3) is 0 Å². The lowest BCUT2D eigenvalue weighted by molar-refractivity contribution is -0.138. The van der Waals surface area contributed by atoms with Crippen LogP contribution in [0.5, 0.6) is 0 Å². The second kappa shape index (κ2) is 9.99. The number of Topliss-reactive ketones (excluding diaryl/α,β-unsaturated/α-hetero) is 1. The number of hydrogen-bond acceptors (Lipinski definition) is 4. The third kappa shape index (κ3) is 6.57. The average molecular weight is 391 g/mol. The van der Waals surface area contributed by atoms with Crippen LogP contribution in [0.15, 0.2) is 12.2 Å². The molecule has 156 valence electrons. The molecule has 0 bridgehead atoms. The number of rotatable bonds is 9. The number of nitrogens with one attached hydrogen (secondary N) is 1. The number of ketones is 1. The highest BCUT2D eigenvalue weighted by atomic mass is 16.2. The van der Waals surface area contributed by atoms with E-state index in [0.29, 0.717) is 25.3 Å². The highest BCUT2D eigenvalue weighted by molar-refractivity contribution is 6.12. The number of carbonyl (C=O) groups is 4. The quantitative estimate of drug-likeness (QED) is 0.484. The Hall–Kier alpha value is -1.98. The van der Waals surface area contributed by atoms with Gasteiger partial charge < -0.3 is 5.32 Å². The normalized spacial score (nSPS) is 22.6. The molecule has 1 saturated carbocycles. The van der Waals surface area contributed by atoms with Gasteiger partial charge in [-0.3, -0.25) is 24.1 Å². The Morgan fingerprint density at radius 2 is 1.61 bits per heavy atom. The molecule has 0 aromatic heterocycles. The molecule has 1 aliphatic heterocycles. The minimum absolute atomic E-state index is 0.0295. The van der Waals surface area contributed by atoms with E-state index in [0.717, 1.165) is 44.9 Å². The summed E-state index contributed by atoms with van der Waals surface area (Å²) in [5.74, 6) is 0.266. The van der Waals surface area contributed by atoms with Crippen molar-refractivity contribution in [1.29, 1.82) is 0 Å². The summed E-state index contributed by atoms with van der Waals surface area (Å²) in [6.07, 6.45) is 9.31. The van der Waals surface area contributed by atoms with Crippen molar-refractivity contribution in [2.45, 2.75) is 72.1 Å². The van der Waals surface area contributed by atoms with Gasteiger partial charge in [-0.15, -0.1) is 0 Å². The van der Waals surface area contributed by atoms with Crippen molar-refractivity contribution in [1.82, 2.24) is 10.2 Å². The summed E-state index contributed by atoms with van der Waals surface area (Å²) in [6, 6.07) is 0. The first kappa shape index (κ1) is 22.3. The van der Waals surface area contributed by atoms with Gasteiger partial charge in [-0.1, -0.05) is 27.2 Å². The molecule has 0 saturated heterocycles. The maximum atomic E-state index is 12.3. The Morgan fingerprint density at radius 3 is 2.18 bits per heavy atom. The van der Waals surface area contributed by atoms with E-state index in [1.54, 1.807) is 0 Å². The molecule has 2 aliphatic rings. The third-order valence-corrected chi connectivity index (χ3v) is 5.78. The zero-order valence-electron chi connectivity index (χ0n) is 17.5. The molecule has 3 amide bonds. The molecule has 1 N–H and O–H groups in total. The molecule has 0 atom stereocenters. The SMILES string of the molecule is CC(C)(C)C(=O)CCCCCNC(=O)C1CCC(CN2C(=O)C=CC2=O)CC1. The molecule has 28 heavy (non-hydrogen) atoms. The summed E-state index contributed by atoms with van der Waals surface area (Å²) >= 11 is 0. The van der Waals surface area contributed by atoms with Gasteiger partial charge >= 0.3 is 0 Å². The molecule has 1 aliphatic carbocycles. The van der Waals surface area contributed by atoms with E-state index in [4.69, 9.17) is 0 Å². The fourth-order valence-electron chi connectivity index (χ4n) is 3.79. The van der Waals surface area contributed by atoms with Crippen molar-refractivity contribution in [2.24, 2.45) is 17.3 Å². The number of nitrogens with zero attached hydrogens (tertiary/aromatic N) is 1. The van der Waals surface area contributed by atoms with Crippen LogP contribution in [0.2, 0.25) is 0 Å². The molecule has 0 spiro atoms.